The maximum Gasteiger partial charge on any atom is 0.295 e. The van der Waals surface area contributed by atoms with Crippen molar-refractivity contribution in [2.24, 2.45) is 0 Å². The summed E-state index contributed by atoms with van der Waals surface area (Å²) < 4.78 is 15.8. The molecule has 3 rings (SSSR count). The van der Waals surface area contributed by atoms with Gasteiger partial charge in [-0.2, -0.15) is 0 Å². The Hall–Kier alpha value is -3.03. The normalized spacial score (nSPS) is 17.7. The number of aliphatic hydroxyl groups excluding tert-OH is 1. The van der Waals surface area contributed by atoms with Gasteiger partial charge < -0.3 is 24.2 Å². The van der Waals surface area contributed by atoms with Crippen molar-refractivity contribution in [2.45, 2.75) is 19.4 Å². The molecule has 1 atom stereocenters. The van der Waals surface area contributed by atoms with Gasteiger partial charge in [-0.1, -0.05) is 23.7 Å². The number of benzene rings is 2. The predicted octanol–water partition coefficient (Wildman–Crippen LogP) is 4.12. The van der Waals surface area contributed by atoms with E-state index in [-0.39, 0.29) is 29.2 Å². The van der Waals surface area contributed by atoms with Crippen molar-refractivity contribution in [3.05, 3.63) is 63.7 Å². The molecule has 8 heteroatoms. The highest BCUT2D eigenvalue weighted by atomic mass is 35.5. The molecule has 1 N–H and O–H groups in total. The van der Waals surface area contributed by atoms with Gasteiger partial charge in [-0.25, -0.2) is 0 Å². The van der Waals surface area contributed by atoms with E-state index in [4.69, 9.17) is 25.8 Å². The summed E-state index contributed by atoms with van der Waals surface area (Å²) >= 11 is 6.31. The summed E-state index contributed by atoms with van der Waals surface area (Å²) in [7, 11) is 4.53. The molecule has 7 nitrogen and oxygen atoms in total. The Bertz CT molecular complexity index is 1060. The fourth-order valence-electron chi connectivity index (χ4n) is 3.91. The van der Waals surface area contributed by atoms with Gasteiger partial charge in [-0.05, 0) is 48.7 Å². The molecule has 0 aromatic heterocycles. The number of methoxy groups -OCH3 is 3. The number of aliphatic hydroxyl groups is 1. The molecular formula is C24H26ClNO6. The number of Topliss-reactive ketones (excluding diaryl/α,β-unsaturated/α-hetero) is 1. The minimum absolute atomic E-state index is 0.0272. The van der Waals surface area contributed by atoms with Crippen LogP contribution in [0.2, 0.25) is 5.02 Å². The fourth-order valence-corrected chi connectivity index (χ4v) is 4.26. The molecule has 32 heavy (non-hydrogen) atoms. The van der Waals surface area contributed by atoms with Gasteiger partial charge >= 0.3 is 0 Å². The van der Waals surface area contributed by atoms with E-state index in [0.29, 0.717) is 29.4 Å². The maximum atomic E-state index is 13.1. The molecule has 1 heterocycles. The van der Waals surface area contributed by atoms with Crippen LogP contribution in [0.1, 0.15) is 29.2 Å². The number of likely N-dealkylation sites (tertiary alicyclic amines) is 1. The predicted molar refractivity (Wildman–Crippen MR) is 121 cm³/mol. The van der Waals surface area contributed by atoms with Crippen LogP contribution in [0, 0.1) is 6.92 Å². The van der Waals surface area contributed by atoms with Gasteiger partial charge in [-0.3, -0.25) is 9.59 Å². The lowest BCUT2D eigenvalue weighted by molar-refractivity contribution is -0.140. The minimum Gasteiger partial charge on any atom is -0.507 e. The van der Waals surface area contributed by atoms with Crippen molar-refractivity contribution < 1.29 is 28.9 Å². The second-order valence-corrected chi connectivity index (χ2v) is 7.85. The average molecular weight is 460 g/mol. The molecule has 1 aliphatic heterocycles. The first kappa shape index (κ1) is 23.6. The van der Waals surface area contributed by atoms with Crippen molar-refractivity contribution in [3.63, 3.8) is 0 Å². The summed E-state index contributed by atoms with van der Waals surface area (Å²) in [6.45, 7) is 2.52. The van der Waals surface area contributed by atoms with E-state index in [1.165, 1.54) is 19.1 Å². The van der Waals surface area contributed by atoms with Crippen LogP contribution in [-0.2, 0) is 14.3 Å². The molecule has 0 radical (unpaired) electrons. The van der Waals surface area contributed by atoms with Gasteiger partial charge in [0, 0.05) is 20.3 Å². The number of ether oxygens (including phenoxy) is 3. The number of carbonyl (C=O) groups excluding carboxylic acids is 2. The Labute approximate surface area is 192 Å². The molecule has 0 saturated carbocycles. The van der Waals surface area contributed by atoms with Crippen LogP contribution >= 0.6 is 11.6 Å². The van der Waals surface area contributed by atoms with Gasteiger partial charge in [0.2, 0.25) is 0 Å². The van der Waals surface area contributed by atoms with Crippen LogP contribution in [0.15, 0.2) is 42.0 Å². The topological polar surface area (TPSA) is 85.3 Å². The van der Waals surface area contributed by atoms with E-state index < -0.39 is 17.7 Å². The Morgan fingerprint density at radius 3 is 2.53 bits per heavy atom. The van der Waals surface area contributed by atoms with Crippen LogP contribution in [-0.4, -0.2) is 56.2 Å². The Balaban J connectivity index is 2.23. The third kappa shape index (κ3) is 4.45. The number of halogens is 1. The smallest absolute Gasteiger partial charge is 0.295 e. The molecule has 2 aromatic rings. The summed E-state index contributed by atoms with van der Waals surface area (Å²) in [6, 6.07) is 9.63. The highest BCUT2D eigenvalue weighted by Gasteiger charge is 2.46. The van der Waals surface area contributed by atoms with Crippen LogP contribution < -0.4 is 9.47 Å². The van der Waals surface area contributed by atoms with Crippen molar-refractivity contribution in [1.29, 1.82) is 0 Å². The zero-order valence-electron chi connectivity index (χ0n) is 18.5. The fraction of sp³-hybridized carbons (Fsp3) is 0.333. The second-order valence-electron chi connectivity index (χ2n) is 7.44. The number of aryl methyl sites for hydroxylation is 1. The number of nitrogens with zero attached hydrogens (tertiary/aromatic N) is 1. The lowest BCUT2D eigenvalue weighted by Gasteiger charge is -2.25. The van der Waals surface area contributed by atoms with Gasteiger partial charge in [0.15, 0.2) is 0 Å². The second kappa shape index (κ2) is 10.1. The zero-order valence-corrected chi connectivity index (χ0v) is 19.2. The van der Waals surface area contributed by atoms with Crippen LogP contribution in [0.4, 0.5) is 0 Å². The van der Waals surface area contributed by atoms with E-state index in [1.807, 2.05) is 6.92 Å². The monoisotopic (exact) mass is 459 g/mol. The summed E-state index contributed by atoms with van der Waals surface area (Å²) in [6.07, 6.45) is 0.531. The van der Waals surface area contributed by atoms with E-state index in [9.17, 15) is 14.7 Å². The van der Waals surface area contributed by atoms with Gasteiger partial charge in [0.25, 0.3) is 11.7 Å². The first-order valence-corrected chi connectivity index (χ1v) is 10.5. The van der Waals surface area contributed by atoms with E-state index in [0.717, 1.165) is 5.56 Å². The van der Waals surface area contributed by atoms with Crippen molar-refractivity contribution in [1.82, 2.24) is 4.90 Å². The maximum absolute atomic E-state index is 13.1. The number of hydrogen-bond donors (Lipinski definition) is 1. The molecule has 1 saturated heterocycles. The van der Waals surface area contributed by atoms with E-state index in [1.54, 1.807) is 43.5 Å². The Morgan fingerprint density at radius 1 is 1.12 bits per heavy atom. The molecule has 1 unspecified atom stereocenters. The third-order valence-corrected chi connectivity index (χ3v) is 5.62. The molecule has 2 aromatic carbocycles. The SMILES string of the molecule is COCCCN1C(=O)C(=O)/C(=C(/O)c2cc(C)cc(Cl)c2OC)C1c1cccc(OC)c1. The Morgan fingerprint density at radius 2 is 1.88 bits per heavy atom. The summed E-state index contributed by atoms with van der Waals surface area (Å²) in [5.41, 5.74) is 1.63. The van der Waals surface area contributed by atoms with Gasteiger partial charge in [-0.15, -0.1) is 0 Å². The molecule has 0 spiro atoms. The zero-order chi connectivity index (χ0) is 23.4. The van der Waals surface area contributed by atoms with Crippen molar-refractivity contribution >= 4 is 29.1 Å². The lowest BCUT2D eigenvalue weighted by Crippen LogP contribution is -2.31. The average Bonchev–Trinajstić information content (AvgIpc) is 3.03. The molecule has 0 aliphatic carbocycles. The van der Waals surface area contributed by atoms with Crippen molar-refractivity contribution in [3.8, 4) is 11.5 Å². The highest BCUT2D eigenvalue weighted by molar-refractivity contribution is 6.46. The number of rotatable bonds is 8. The summed E-state index contributed by atoms with van der Waals surface area (Å²) in [5, 5.41) is 11.6. The molecule has 1 aliphatic rings. The number of carbonyl (C=O) groups is 2. The van der Waals surface area contributed by atoms with E-state index >= 15 is 0 Å². The first-order valence-electron chi connectivity index (χ1n) is 10.1. The Kier molecular flexibility index (Phi) is 7.43. The number of ketones is 1. The van der Waals surface area contributed by atoms with Crippen LogP contribution in [0.3, 0.4) is 0 Å². The molecule has 1 amide bonds. The molecule has 1 fully saturated rings. The lowest BCUT2D eigenvalue weighted by atomic mass is 9.94. The van der Waals surface area contributed by atoms with Gasteiger partial charge in [0.05, 0.1) is 36.4 Å². The van der Waals surface area contributed by atoms with E-state index in [2.05, 4.69) is 0 Å². The molecule has 0 bridgehead atoms. The summed E-state index contributed by atoms with van der Waals surface area (Å²) in [5.74, 6) is -1.00. The molecular weight excluding hydrogens is 434 g/mol. The van der Waals surface area contributed by atoms with Crippen molar-refractivity contribution in [2.75, 3.05) is 34.5 Å². The van der Waals surface area contributed by atoms with Crippen LogP contribution in [0.5, 0.6) is 11.5 Å². The largest absolute Gasteiger partial charge is 0.507 e. The standard InChI is InChI=1S/C24H26ClNO6/c1-14-11-17(23(32-4)18(25)12-14)21(27)19-20(15-7-5-8-16(13-15)31-3)26(9-6-10-30-2)24(29)22(19)28/h5,7-8,11-13,20,27H,6,9-10H2,1-4H3/b21-19+. The quantitative estimate of drug-likeness (QED) is 0.276. The minimum atomic E-state index is -0.800. The first-order chi connectivity index (χ1) is 15.3. The van der Waals surface area contributed by atoms with Gasteiger partial charge in [0.1, 0.15) is 17.3 Å². The number of hydrogen-bond acceptors (Lipinski definition) is 6. The third-order valence-electron chi connectivity index (χ3n) is 5.34. The summed E-state index contributed by atoms with van der Waals surface area (Å²) in [4.78, 5) is 27.5. The highest BCUT2D eigenvalue weighted by Crippen LogP contribution is 2.43. The van der Waals surface area contributed by atoms with Crippen LogP contribution in [0.25, 0.3) is 5.76 Å². The molecule has 170 valence electrons. The number of amides is 1.